The lowest BCUT2D eigenvalue weighted by Gasteiger charge is -2.15. The second-order valence-corrected chi connectivity index (χ2v) is 5.25. The Morgan fingerprint density at radius 3 is 2.52 bits per heavy atom. The molecule has 3 nitrogen and oxygen atoms in total. The van der Waals surface area contributed by atoms with Gasteiger partial charge in [-0.1, -0.05) is 6.07 Å². The standard InChI is InChI=1S/C16H21F2N3/c1-5-21-12(4)16(11(3)20-21)10(2)19-9-13-6-7-14(17)15(18)8-13/h6-8,10,19H,5,9H2,1-4H3. The number of nitrogens with one attached hydrogen (secondary N) is 1. The SMILES string of the molecule is CCn1nc(C)c(C(C)NCc2ccc(F)c(F)c2)c1C. The highest BCUT2D eigenvalue weighted by Gasteiger charge is 2.16. The molecule has 1 N–H and O–H groups in total. The van der Waals surface area contributed by atoms with E-state index in [1.165, 1.54) is 11.6 Å². The quantitative estimate of drug-likeness (QED) is 0.912. The second kappa shape index (κ2) is 6.35. The minimum Gasteiger partial charge on any atom is -0.306 e. The molecule has 0 saturated heterocycles. The van der Waals surface area contributed by atoms with E-state index in [9.17, 15) is 8.78 Å². The molecule has 21 heavy (non-hydrogen) atoms. The molecule has 0 spiro atoms. The first-order valence-electron chi connectivity index (χ1n) is 7.15. The molecule has 114 valence electrons. The maximum absolute atomic E-state index is 13.2. The van der Waals surface area contributed by atoms with E-state index in [1.807, 2.05) is 11.6 Å². The highest BCUT2D eigenvalue weighted by molar-refractivity contribution is 5.28. The van der Waals surface area contributed by atoms with Gasteiger partial charge < -0.3 is 5.32 Å². The lowest BCUT2D eigenvalue weighted by atomic mass is 10.1. The fraction of sp³-hybridized carbons (Fsp3) is 0.438. The summed E-state index contributed by atoms with van der Waals surface area (Å²) in [4.78, 5) is 0. The van der Waals surface area contributed by atoms with Crippen LogP contribution < -0.4 is 5.32 Å². The lowest BCUT2D eigenvalue weighted by molar-refractivity contribution is 0.503. The largest absolute Gasteiger partial charge is 0.306 e. The van der Waals surface area contributed by atoms with Crippen LogP contribution in [0.1, 0.15) is 42.4 Å². The van der Waals surface area contributed by atoms with Crippen molar-refractivity contribution < 1.29 is 8.78 Å². The number of hydrogen-bond donors (Lipinski definition) is 1. The van der Waals surface area contributed by atoms with Crippen molar-refractivity contribution in [1.29, 1.82) is 0 Å². The van der Waals surface area contributed by atoms with E-state index in [0.29, 0.717) is 6.54 Å². The van der Waals surface area contributed by atoms with Gasteiger partial charge >= 0.3 is 0 Å². The molecule has 0 fully saturated rings. The smallest absolute Gasteiger partial charge is 0.159 e. The first kappa shape index (κ1) is 15.6. The molecule has 0 saturated carbocycles. The molecule has 1 heterocycles. The van der Waals surface area contributed by atoms with Crippen LogP contribution in [0.15, 0.2) is 18.2 Å². The van der Waals surface area contributed by atoms with Gasteiger partial charge in [0.25, 0.3) is 0 Å². The minimum absolute atomic E-state index is 0.0958. The number of benzene rings is 1. The molecule has 0 aliphatic rings. The Bertz CT molecular complexity index is 635. The van der Waals surface area contributed by atoms with Crippen LogP contribution in [-0.4, -0.2) is 9.78 Å². The van der Waals surface area contributed by atoms with Gasteiger partial charge in [-0.05, 0) is 45.4 Å². The molecule has 0 aliphatic carbocycles. The summed E-state index contributed by atoms with van der Waals surface area (Å²) in [6, 6.07) is 4.07. The summed E-state index contributed by atoms with van der Waals surface area (Å²) >= 11 is 0. The summed E-state index contributed by atoms with van der Waals surface area (Å²) < 4.78 is 28.1. The third kappa shape index (κ3) is 3.29. The summed E-state index contributed by atoms with van der Waals surface area (Å²) in [6.07, 6.45) is 0. The Kier molecular flexibility index (Phi) is 4.73. The molecule has 0 amide bonds. The first-order chi connectivity index (χ1) is 9.93. The predicted octanol–water partition coefficient (Wildman–Crippen LogP) is 3.65. The zero-order chi connectivity index (χ0) is 15.6. The van der Waals surface area contributed by atoms with Crippen molar-refractivity contribution in [1.82, 2.24) is 15.1 Å². The van der Waals surface area contributed by atoms with Crippen LogP contribution in [-0.2, 0) is 13.1 Å². The van der Waals surface area contributed by atoms with Crippen molar-refractivity contribution in [3.05, 3.63) is 52.3 Å². The van der Waals surface area contributed by atoms with Crippen molar-refractivity contribution in [3.8, 4) is 0 Å². The van der Waals surface area contributed by atoms with E-state index in [4.69, 9.17) is 0 Å². The Hall–Kier alpha value is -1.75. The van der Waals surface area contributed by atoms with Crippen molar-refractivity contribution in [2.24, 2.45) is 0 Å². The van der Waals surface area contributed by atoms with Gasteiger partial charge in [0.05, 0.1) is 5.69 Å². The van der Waals surface area contributed by atoms with Crippen molar-refractivity contribution in [2.45, 2.75) is 46.8 Å². The Morgan fingerprint density at radius 1 is 1.24 bits per heavy atom. The van der Waals surface area contributed by atoms with Gasteiger partial charge in [-0.3, -0.25) is 4.68 Å². The van der Waals surface area contributed by atoms with Crippen LogP contribution >= 0.6 is 0 Å². The number of rotatable bonds is 5. The minimum atomic E-state index is -0.817. The van der Waals surface area contributed by atoms with Crippen LogP contribution in [0, 0.1) is 25.5 Å². The van der Waals surface area contributed by atoms with Crippen LogP contribution in [0.3, 0.4) is 0 Å². The molecule has 1 aromatic carbocycles. The van der Waals surface area contributed by atoms with E-state index < -0.39 is 11.6 Å². The van der Waals surface area contributed by atoms with Crippen LogP contribution in [0.5, 0.6) is 0 Å². The van der Waals surface area contributed by atoms with Gasteiger partial charge in [-0.25, -0.2) is 8.78 Å². The molecular formula is C16H21F2N3. The maximum Gasteiger partial charge on any atom is 0.159 e. The Morgan fingerprint density at radius 2 is 1.95 bits per heavy atom. The third-order valence-corrected chi connectivity index (χ3v) is 3.77. The van der Waals surface area contributed by atoms with Gasteiger partial charge in [0, 0.05) is 30.4 Å². The molecule has 0 radical (unpaired) electrons. The summed E-state index contributed by atoms with van der Waals surface area (Å²) in [5.41, 5.74) is 4.03. The average molecular weight is 293 g/mol. The van der Waals surface area contributed by atoms with Crippen molar-refractivity contribution >= 4 is 0 Å². The van der Waals surface area contributed by atoms with Gasteiger partial charge in [0.1, 0.15) is 0 Å². The van der Waals surface area contributed by atoms with Crippen molar-refractivity contribution in [3.63, 3.8) is 0 Å². The van der Waals surface area contributed by atoms with Gasteiger partial charge in [0.15, 0.2) is 11.6 Å². The number of nitrogens with zero attached hydrogens (tertiary/aromatic N) is 2. The van der Waals surface area contributed by atoms with Crippen LogP contribution in [0.4, 0.5) is 8.78 Å². The Balaban J connectivity index is 2.09. The highest BCUT2D eigenvalue weighted by atomic mass is 19.2. The fourth-order valence-electron chi connectivity index (χ4n) is 2.67. The van der Waals surface area contributed by atoms with Crippen LogP contribution in [0.25, 0.3) is 0 Å². The second-order valence-electron chi connectivity index (χ2n) is 5.25. The van der Waals surface area contributed by atoms with E-state index in [-0.39, 0.29) is 6.04 Å². The Labute approximate surface area is 124 Å². The van der Waals surface area contributed by atoms with E-state index in [1.54, 1.807) is 6.07 Å². The molecule has 2 aromatic rings. The molecule has 2 rings (SSSR count). The molecule has 1 aromatic heterocycles. The zero-order valence-electron chi connectivity index (χ0n) is 12.9. The number of aryl methyl sites for hydroxylation is 2. The molecule has 0 bridgehead atoms. The summed E-state index contributed by atoms with van der Waals surface area (Å²) in [6.45, 7) is 9.47. The molecule has 0 aliphatic heterocycles. The monoisotopic (exact) mass is 293 g/mol. The lowest BCUT2D eigenvalue weighted by Crippen LogP contribution is -2.19. The normalized spacial score (nSPS) is 12.7. The van der Waals surface area contributed by atoms with Gasteiger partial charge in [0.2, 0.25) is 0 Å². The fourth-order valence-corrected chi connectivity index (χ4v) is 2.67. The predicted molar refractivity (Wildman–Crippen MR) is 79.0 cm³/mol. The first-order valence-corrected chi connectivity index (χ1v) is 7.15. The van der Waals surface area contributed by atoms with E-state index >= 15 is 0 Å². The number of hydrogen-bond acceptors (Lipinski definition) is 2. The highest BCUT2D eigenvalue weighted by Crippen LogP contribution is 2.21. The zero-order valence-corrected chi connectivity index (χ0v) is 12.9. The molecular weight excluding hydrogens is 272 g/mol. The van der Waals surface area contributed by atoms with Crippen LogP contribution in [0.2, 0.25) is 0 Å². The van der Waals surface area contributed by atoms with E-state index in [0.717, 1.165) is 29.6 Å². The average Bonchev–Trinajstić information content (AvgIpc) is 2.74. The number of aromatic nitrogens is 2. The van der Waals surface area contributed by atoms with Gasteiger partial charge in [-0.15, -0.1) is 0 Å². The maximum atomic E-state index is 13.2. The van der Waals surface area contributed by atoms with Crippen molar-refractivity contribution in [2.75, 3.05) is 0 Å². The number of halogens is 2. The van der Waals surface area contributed by atoms with E-state index in [2.05, 4.69) is 31.2 Å². The summed E-state index contributed by atoms with van der Waals surface area (Å²) in [5.74, 6) is -1.63. The topological polar surface area (TPSA) is 29.9 Å². The third-order valence-electron chi connectivity index (χ3n) is 3.77. The summed E-state index contributed by atoms with van der Waals surface area (Å²) in [5, 5.41) is 7.84. The summed E-state index contributed by atoms with van der Waals surface area (Å²) in [7, 11) is 0. The molecule has 1 atom stereocenters. The molecule has 5 heteroatoms. The molecule has 1 unspecified atom stereocenters. The van der Waals surface area contributed by atoms with Gasteiger partial charge in [-0.2, -0.15) is 5.10 Å².